The highest BCUT2D eigenvalue weighted by Gasteiger charge is 2.17. The molecule has 0 aliphatic heterocycles. The van der Waals surface area contributed by atoms with Gasteiger partial charge >= 0.3 is 0 Å². The number of nitrogens with zero attached hydrogens (tertiary/aromatic N) is 1. The van der Waals surface area contributed by atoms with E-state index in [1.54, 1.807) is 19.1 Å². The van der Waals surface area contributed by atoms with Crippen LogP contribution in [0.15, 0.2) is 35.5 Å². The third-order valence-electron chi connectivity index (χ3n) is 2.70. The minimum atomic E-state index is -3.69. The van der Waals surface area contributed by atoms with Crippen molar-refractivity contribution in [1.82, 2.24) is 10.2 Å². The molecule has 0 unspecified atom stereocenters. The normalized spacial score (nSPS) is 10.8. The molecule has 110 valence electrons. The van der Waals surface area contributed by atoms with Gasteiger partial charge in [0.25, 0.3) is 10.0 Å². The smallest absolute Gasteiger partial charge is 0.262 e. The van der Waals surface area contributed by atoms with Crippen molar-refractivity contribution in [2.75, 3.05) is 11.3 Å². The summed E-state index contributed by atoms with van der Waals surface area (Å²) in [5.41, 5.74) is 1.58. The van der Waals surface area contributed by atoms with E-state index in [0.717, 1.165) is 0 Å². The van der Waals surface area contributed by atoms with E-state index in [4.69, 9.17) is 5.11 Å². The quantitative estimate of drug-likeness (QED) is 0.741. The van der Waals surface area contributed by atoms with Crippen LogP contribution in [0.3, 0.4) is 0 Å². The zero-order valence-corrected chi connectivity index (χ0v) is 12.2. The lowest BCUT2D eigenvalue weighted by atomic mass is 10.1. The van der Waals surface area contributed by atoms with Gasteiger partial charge < -0.3 is 5.11 Å². The third-order valence-corrected chi connectivity index (χ3v) is 4.22. The van der Waals surface area contributed by atoms with Crippen LogP contribution < -0.4 is 4.72 Å². The lowest BCUT2D eigenvalue weighted by molar-refractivity contribution is 0.305. The first kappa shape index (κ1) is 15.1. The Morgan fingerprint density at radius 2 is 2.24 bits per heavy atom. The van der Waals surface area contributed by atoms with Crippen molar-refractivity contribution < 1.29 is 13.5 Å². The molecule has 0 aliphatic rings. The fraction of sp³-hybridized carbons (Fsp3) is 0.214. The monoisotopic (exact) mass is 305 g/mol. The van der Waals surface area contributed by atoms with Gasteiger partial charge in [0.2, 0.25) is 0 Å². The lowest BCUT2D eigenvalue weighted by Crippen LogP contribution is -2.14. The highest BCUT2D eigenvalue weighted by Crippen LogP contribution is 2.20. The summed E-state index contributed by atoms with van der Waals surface area (Å²) in [7, 11) is -3.69. The van der Waals surface area contributed by atoms with Crippen molar-refractivity contribution >= 4 is 15.7 Å². The van der Waals surface area contributed by atoms with E-state index in [9.17, 15) is 8.42 Å². The van der Waals surface area contributed by atoms with E-state index < -0.39 is 10.0 Å². The molecule has 0 fully saturated rings. The molecule has 1 aromatic carbocycles. The molecule has 21 heavy (non-hydrogen) atoms. The van der Waals surface area contributed by atoms with Crippen molar-refractivity contribution in [3.8, 4) is 11.8 Å². The zero-order valence-electron chi connectivity index (χ0n) is 11.4. The van der Waals surface area contributed by atoms with Crippen LogP contribution in [0, 0.1) is 18.8 Å². The zero-order chi connectivity index (χ0) is 15.3. The second-order valence-electron chi connectivity index (χ2n) is 4.35. The second kappa shape index (κ2) is 6.43. The first-order valence-electron chi connectivity index (χ1n) is 6.25. The number of hydrogen-bond acceptors (Lipinski definition) is 4. The van der Waals surface area contributed by atoms with E-state index >= 15 is 0 Å². The minimum Gasteiger partial charge on any atom is -0.395 e. The fourth-order valence-electron chi connectivity index (χ4n) is 1.70. The van der Waals surface area contributed by atoms with Gasteiger partial charge in [-0.2, -0.15) is 5.10 Å². The van der Waals surface area contributed by atoms with E-state index in [2.05, 4.69) is 26.8 Å². The fourth-order valence-corrected chi connectivity index (χ4v) is 3.01. The number of sulfonamides is 1. The van der Waals surface area contributed by atoms with Crippen molar-refractivity contribution in [3.63, 3.8) is 0 Å². The highest BCUT2D eigenvalue weighted by molar-refractivity contribution is 7.92. The Labute approximate surface area is 123 Å². The van der Waals surface area contributed by atoms with Gasteiger partial charge in [-0.3, -0.25) is 9.82 Å². The number of aromatic nitrogens is 2. The molecule has 0 spiro atoms. The molecule has 0 saturated carbocycles. The van der Waals surface area contributed by atoms with Crippen molar-refractivity contribution in [2.45, 2.75) is 18.2 Å². The van der Waals surface area contributed by atoms with Crippen LogP contribution in [-0.4, -0.2) is 30.3 Å². The molecule has 3 N–H and O–H groups in total. The number of hydrogen-bond donors (Lipinski definition) is 3. The molecule has 7 heteroatoms. The average molecular weight is 305 g/mol. The summed E-state index contributed by atoms with van der Waals surface area (Å²) in [6.45, 7) is 1.70. The summed E-state index contributed by atoms with van der Waals surface area (Å²) >= 11 is 0. The number of aliphatic hydroxyl groups excluding tert-OH is 1. The molecule has 0 radical (unpaired) electrons. The highest BCUT2D eigenvalue weighted by atomic mass is 32.2. The number of anilines is 1. The average Bonchev–Trinajstić information content (AvgIpc) is 2.93. The Bertz CT molecular complexity index is 772. The van der Waals surface area contributed by atoms with Crippen LogP contribution in [-0.2, 0) is 10.0 Å². The summed E-state index contributed by atoms with van der Waals surface area (Å²) in [5, 5.41) is 14.9. The number of aryl methyl sites for hydroxylation is 1. The number of aliphatic hydroxyl groups is 1. The molecule has 1 heterocycles. The molecule has 0 bridgehead atoms. The van der Waals surface area contributed by atoms with Gasteiger partial charge in [-0.25, -0.2) is 8.42 Å². The van der Waals surface area contributed by atoms with Crippen LogP contribution in [0.2, 0.25) is 0 Å². The molecular formula is C14H15N3O3S. The van der Waals surface area contributed by atoms with Gasteiger partial charge in [0.1, 0.15) is 0 Å². The number of H-pyrrole nitrogens is 1. The Morgan fingerprint density at radius 3 is 2.90 bits per heavy atom. The van der Waals surface area contributed by atoms with Gasteiger partial charge in [-0.15, -0.1) is 0 Å². The molecule has 6 nitrogen and oxygen atoms in total. The Kier molecular flexibility index (Phi) is 4.62. The van der Waals surface area contributed by atoms with Crippen LogP contribution in [0.4, 0.5) is 5.69 Å². The van der Waals surface area contributed by atoms with Gasteiger partial charge in [0, 0.05) is 18.2 Å². The van der Waals surface area contributed by atoms with Gasteiger partial charge in [0.15, 0.2) is 0 Å². The van der Waals surface area contributed by atoms with Gasteiger partial charge in [-0.1, -0.05) is 17.9 Å². The summed E-state index contributed by atoms with van der Waals surface area (Å²) in [5.74, 6) is 5.59. The Hall–Kier alpha value is -2.30. The van der Waals surface area contributed by atoms with Gasteiger partial charge in [0.05, 0.1) is 23.4 Å². The molecule has 0 saturated heterocycles. The standard InChI is InChI=1S/C14H15N3O3S/c1-11-5-6-12(4-2-3-7-18)8-14(11)21(19,20)17-13-9-15-16-10-13/h5-6,8-10,17-18H,3,7H2,1H3,(H,15,16). The van der Waals surface area contributed by atoms with E-state index in [1.807, 2.05) is 0 Å². The predicted molar refractivity (Wildman–Crippen MR) is 79.2 cm³/mol. The number of nitrogens with one attached hydrogen (secondary N) is 2. The Morgan fingerprint density at radius 1 is 1.43 bits per heavy atom. The second-order valence-corrected chi connectivity index (χ2v) is 6.00. The van der Waals surface area contributed by atoms with Crippen LogP contribution >= 0.6 is 0 Å². The predicted octanol–water partition coefficient (Wildman–Crippen LogP) is 1.25. The van der Waals surface area contributed by atoms with E-state index in [1.165, 1.54) is 18.5 Å². The Balaban J connectivity index is 2.34. The van der Waals surface area contributed by atoms with Crippen molar-refractivity contribution in [2.24, 2.45) is 0 Å². The summed E-state index contributed by atoms with van der Waals surface area (Å²) < 4.78 is 27.2. The van der Waals surface area contributed by atoms with Gasteiger partial charge in [-0.05, 0) is 24.6 Å². The first-order chi connectivity index (χ1) is 10.0. The van der Waals surface area contributed by atoms with Crippen LogP contribution in [0.25, 0.3) is 0 Å². The lowest BCUT2D eigenvalue weighted by Gasteiger charge is -2.09. The molecular weight excluding hydrogens is 290 g/mol. The minimum absolute atomic E-state index is 0.0218. The maximum absolute atomic E-state index is 12.4. The van der Waals surface area contributed by atoms with E-state index in [-0.39, 0.29) is 11.5 Å². The summed E-state index contributed by atoms with van der Waals surface area (Å²) in [4.78, 5) is 0.166. The number of benzene rings is 1. The summed E-state index contributed by atoms with van der Waals surface area (Å²) in [6.07, 6.45) is 3.19. The van der Waals surface area contributed by atoms with Crippen molar-refractivity contribution in [3.05, 3.63) is 41.7 Å². The molecule has 2 aromatic rings. The van der Waals surface area contributed by atoms with Crippen LogP contribution in [0.1, 0.15) is 17.5 Å². The summed E-state index contributed by atoms with van der Waals surface area (Å²) in [6, 6.07) is 4.96. The molecule has 0 aliphatic carbocycles. The molecule has 0 amide bonds. The first-order valence-corrected chi connectivity index (χ1v) is 7.73. The maximum Gasteiger partial charge on any atom is 0.262 e. The van der Waals surface area contributed by atoms with Crippen LogP contribution in [0.5, 0.6) is 0 Å². The molecule has 0 atom stereocenters. The SMILES string of the molecule is Cc1ccc(C#CCCO)cc1S(=O)(=O)Nc1cn[nH]c1. The number of aromatic amines is 1. The topological polar surface area (TPSA) is 95.1 Å². The van der Waals surface area contributed by atoms with E-state index in [0.29, 0.717) is 23.2 Å². The number of rotatable bonds is 4. The largest absolute Gasteiger partial charge is 0.395 e. The van der Waals surface area contributed by atoms with Crippen molar-refractivity contribution in [1.29, 1.82) is 0 Å². The third kappa shape index (κ3) is 3.84. The molecule has 2 rings (SSSR count). The maximum atomic E-state index is 12.4. The molecule has 1 aromatic heterocycles.